The lowest BCUT2D eigenvalue weighted by molar-refractivity contribution is 0.738. The molecule has 3 aromatic rings. The first-order chi connectivity index (χ1) is 13.2. The van der Waals surface area contributed by atoms with Gasteiger partial charge in [-0.15, -0.1) is 0 Å². The summed E-state index contributed by atoms with van der Waals surface area (Å²) in [6.07, 6.45) is 2.08. The van der Waals surface area contributed by atoms with E-state index in [0.717, 1.165) is 46.6 Å². The first-order valence-corrected chi connectivity index (χ1v) is 11.2. The van der Waals surface area contributed by atoms with E-state index in [2.05, 4.69) is 76.9 Å². The highest BCUT2D eigenvalue weighted by molar-refractivity contribution is 8.14. The molecule has 1 aromatic heterocycles. The molecule has 1 aliphatic rings. The van der Waals surface area contributed by atoms with Crippen molar-refractivity contribution in [3.63, 3.8) is 0 Å². The largest absolute Gasteiger partial charge is 0.361 e. The molecule has 27 heavy (non-hydrogen) atoms. The standard InChI is InChI=1S/C21H24N4S2/c1-3-16-13-26-21(23-16)24-17-7-5-15(6-8-17)10-11-22-20-25-18-9-4-14(2)12-19(18)27-20/h4-9,12,16H,3,10-11,13H2,1-2H3,(H,22,25)(H,23,24). The number of thioether (sulfide) groups is 1. The quantitative estimate of drug-likeness (QED) is 0.573. The zero-order chi connectivity index (χ0) is 18.6. The first-order valence-electron chi connectivity index (χ1n) is 9.37. The minimum Gasteiger partial charge on any atom is -0.361 e. The number of aromatic nitrogens is 1. The van der Waals surface area contributed by atoms with Crippen molar-refractivity contribution >= 4 is 49.3 Å². The number of anilines is 2. The summed E-state index contributed by atoms with van der Waals surface area (Å²) in [5.74, 6) is 1.09. The number of fused-ring (bicyclic) bond motifs is 1. The van der Waals surface area contributed by atoms with Gasteiger partial charge in [0.25, 0.3) is 0 Å². The highest BCUT2D eigenvalue weighted by Gasteiger charge is 2.16. The van der Waals surface area contributed by atoms with Gasteiger partial charge < -0.3 is 10.6 Å². The summed E-state index contributed by atoms with van der Waals surface area (Å²) >= 11 is 3.53. The number of rotatable bonds is 6. The topological polar surface area (TPSA) is 49.3 Å². The second kappa shape index (κ2) is 8.31. The molecule has 6 heteroatoms. The molecule has 0 aliphatic carbocycles. The van der Waals surface area contributed by atoms with Crippen LogP contribution in [0.15, 0.2) is 47.5 Å². The minimum atomic E-state index is 0.467. The van der Waals surface area contributed by atoms with Gasteiger partial charge in [0, 0.05) is 18.0 Å². The van der Waals surface area contributed by atoms with Crippen molar-refractivity contribution in [2.24, 2.45) is 4.99 Å². The number of amidine groups is 1. The van der Waals surface area contributed by atoms with Gasteiger partial charge in [0.05, 0.1) is 16.3 Å². The summed E-state index contributed by atoms with van der Waals surface area (Å²) in [6, 6.07) is 15.5. The van der Waals surface area contributed by atoms with Gasteiger partial charge in [0.15, 0.2) is 10.3 Å². The Balaban J connectivity index is 1.29. The molecule has 2 aromatic carbocycles. The molecule has 4 rings (SSSR count). The normalized spacial score (nSPS) is 16.5. The van der Waals surface area contributed by atoms with E-state index in [1.54, 1.807) is 11.3 Å². The van der Waals surface area contributed by atoms with Crippen LogP contribution >= 0.6 is 23.1 Å². The van der Waals surface area contributed by atoms with E-state index >= 15 is 0 Å². The maximum Gasteiger partial charge on any atom is 0.183 e. The Morgan fingerprint density at radius 1 is 1.15 bits per heavy atom. The van der Waals surface area contributed by atoms with Crippen molar-refractivity contribution < 1.29 is 0 Å². The smallest absolute Gasteiger partial charge is 0.183 e. The number of nitrogens with one attached hydrogen (secondary N) is 2. The molecule has 0 fully saturated rings. The van der Waals surface area contributed by atoms with Crippen LogP contribution in [0.5, 0.6) is 0 Å². The van der Waals surface area contributed by atoms with Gasteiger partial charge in [0.2, 0.25) is 0 Å². The van der Waals surface area contributed by atoms with Crippen molar-refractivity contribution in [3.8, 4) is 0 Å². The lowest BCUT2D eigenvalue weighted by Crippen LogP contribution is -2.06. The van der Waals surface area contributed by atoms with Crippen molar-refractivity contribution in [1.29, 1.82) is 0 Å². The van der Waals surface area contributed by atoms with E-state index in [1.807, 2.05) is 11.8 Å². The van der Waals surface area contributed by atoms with Crippen molar-refractivity contribution in [2.75, 3.05) is 22.9 Å². The van der Waals surface area contributed by atoms with Gasteiger partial charge in [-0.05, 0) is 55.2 Å². The van der Waals surface area contributed by atoms with Gasteiger partial charge in [-0.2, -0.15) is 0 Å². The summed E-state index contributed by atoms with van der Waals surface area (Å²) in [4.78, 5) is 9.33. The predicted molar refractivity (Wildman–Crippen MR) is 121 cm³/mol. The zero-order valence-corrected chi connectivity index (χ0v) is 17.3. The minimum absolute atomic E-state index is 0.467. The molecule has 1 atom stereocenters. The third kappa shape index (κ3) is 4.62. The molecule has 140 valence electrons. The number of aliphatic imine (C=N–C) groups is 1. The summed E-state index contributed by atoms with van der Waals surface area (Å²) in [5.41, 5.74) is 4.77. The Morgan fingerprint density at radius 3 is 2.78 bits per heavy atom. The van der Waals surface area contributed by atoms with Crippen LogP contribution in [-0.4, -0.2) is 28.5 Å². The van der Waals surface area contributed by atoms with Gasteiger partial charge in [0.1, 0.15) is 0 Å². The summed E-state index contributed by atoms with van der Waals surface area (Å²) in [6.45, 7) is 5.19. The van der Waals surface area contributed by atoms with Gasteiger partial charge in [-0.25, -0.2) is 4.98 Å². The fraction of sp³-hybridized carbons (Fsp3) is 0.333. The second-order valence-corrected chi connectivity index (χ2v) is 8.84. The van der Waals surface area contributed by atoms with Crippen LogP contribution in [-0.2, 0) is 6.42 Å². The number of hydrogen-bond acceptors (Lipinski definition) is 6. The molecule has 1 unspecified atom stereocenters. The molecule has 0 saturated heterocycles. The van der Waals surface area contributed by atoms with Crippen LogP contribution in [0.1, 0.15) is 24.5 Å². The van der Waals surface area contributed by atoms with E-state index in [1.165, 1.54) is 15.8 Å². The van der Waals surface area contributed by atoms with Crippen molar-refractivity contribution in [3.05, 3.63) is 53.6 Å². The molecule has 1 aliphatic heterocycles. The third-order valence-electron chi connectivity index (χ3n) is 4.62. The molecule has 0 amide bonds. The summed E-state index contributed by atoms with van der Waals surface area (Å²) in [5, 5.41) is 8.92. The summed E-state index contributed by atoms with van der Waals surface area (Å²) in [7, 11) is 0. The van der Waals surface area contributed by atoms with Crippen LogP contribution in [0, 0.1) is 6.92 Å². The van der Waals surface area contributed by atoms with Crippen LogP contribution in [0.4, 0.5) is 10.8 Å². The molecule has 0 saturated carbocycles. The number of hydrogen-bond donors (Lipinski definition) is 2. The monoisotopic (exact) mass is 396 g/mol. The maximum atomic E-state index is 4.68. The Labute approximate surface area is 168 Å². The SMILES string of the molecule is CCC1CSC(Nc2ccc(CCNc3nc4ccc(C)cc4s3)cc2)=N1. The van der Waals surface area contributed by atoms with Crippen LogP contribution < -0.4 is 10.6 Å². The zero-order valence-electron chi connectivity index (χ0n) is 15.7. The van der Waals surface area contributed by atoms with Gasteiger partial charge in [-0.3, -0.25) is 4.99 Å². The lowest BCUT2D eigenvalue weighted by atomic mass is 10.1. The number of thiazole rings is 1. The molecule has 0 spiro atoms. The Hall–Kier alpha value is -2.05. The third-order valence-corrected chi connectivity index (χ3v) is 6.63. The fourth-order valence-corrected chi connectivity index (χ4v) is 5.06. The molecule has 4 nitrogen and oxygen atoms in total. The Kier molecular flexibility index (Phi) is 5.64. The summed E-state index contributed by atoms with van der Waals surface area (Å²) < 4.78 is 1.24. The van der Waals surface area contributed by atoms with E-state index in [-0.39, 0.29) is 0 Å². The average molecular weight is 397 g/mol. The van der Waals surface area contributed by atoms with E-state index in [4.69, 9.17) is 0 Å². The predicted octanol–water partition coefficient (Wildman–Crippen LogP) is 5.55. The molecular formula is C21H24N4S2. The number of benzene rings is 2. The van der Waals surface area contributed by atoms with Crippen LogP contribution in [0.25, 0.3) is 10.2 Å². The van der Waals surface area contributed by atoms with Crippen molar-refractivity contribution in [1.82, 2.24) is 4.98 Å². The van der Waals surface area contributed by atoms with Gasteiger partial charge in [-0.1, -0.05) is 48.2 Å². The average Bonchev–Trinajstić information content (AvgIpc) is 3.29. The highest BCUT2D eigenvalue weighted by atomic mass is 32.2. The molecule has 2 N–H and O–H groups in total. The van der Waals surface area contributed by atoms with E-state index < -0.39 is 0 Å². The number of aryl methyl sites for hydroxylation is 1. The number of nitrogens with zero attached hydrogens (tertiary/aromatic N) is 2. The molecule has 0 bridgehead atoms. The molecule has 0 radical (unpaired) electrons. The van der Waals surface area contributed by atoms with E-state index in [9.17, 15) is 0 Å². The second-order valence-electron chi connectivity index (χ2n) is 6.80. The van der Waals surface area contributed by atoms with Crippen molar-refractivity contribution in [2.45, 2.75) is 32.7 Å². The van der Waals surface area contributed by atoms with E-state index in [0.29, 0.717) is 6.04 Å². The van der Waals surface area contributed by atoms with Crippen LogP contribution in [0.3, 0.4) is 0 Å². The Morgan fingerprint density at radius 2 is 2.00 bits per heavy atom. The molecular weight excluding hydrogens is 372 g/mol. The highest BCUT2D eigenvalue weighted by Crippen LogP contribution is 2.26. The molecule has 2 heterocycles. The Bertz CT molecular complexity index is 946. The van der Waals surface area contributed by atoms with Crippen LogP contribution in [0.2, 0.25) is 0 Å². The fourth-order valence-electron chi connectivity index (χ4n) is 2.99. The lowest BCUT2D eigenvalue weighted by Gasteiger charge is -2.07. The first kappa shape index (κ1) is 18.3. The maximum absolute atomic E-state index is 4.68. The van der Waals surface area contributed by atoms with Gasteiger partial charge >= 0.3 is 0 Å².